The molecule has 9 nitrogen and oxygen atoms in total. The SMILES string of the molecule is CC(C)(C)[Si](C)(C)OCCc1cn(-c2ccc3c(n2)N(COCC[Si](C)(C)C)C(=O)CO3)c(=O)o1. The van der Waals surface area contributed by atoms with Crippen LogP contribution in [0.2, 0.25) is 43.8 Å². The van der Waals surface area contributed by atoms with E-state index in [9.17, 15) is 9.59 Å². The molecule has 0 bridgehead atoms. The fourth-order valence-corrected chi connectivity index (χ4v) is 4.95. The number of fused-ring (bicyclic) bond motifs is 1. The second-order valence-corrected chi connectivity index (χ2v) is 22.1. The van der Waals surface area contributed by atoms with Crippen LogP contribution in [0.25, 0.3) is 5.82 Å². The molecule has 0 saturated carbocycles. The highest BCUT2D eigenvalue weighted by atomic mass is 28.4. The average molecular weight is 522 g/mol. The fraction of sp³-hybridized carbons (Fsp3) is 0.625. The summed E-state index contributed by atoms with van der Waals surface area (Å²) >= 11 is 0. The number of hydrogen-bond donors (Lipinski definition) is 0. The summed E-state index contributed by atoms with van der Waals surface area (Å²) in [4.78, 5) is 31.1. The van der Waals surface area contributed by atoms with Gasteiger partial charge in [-0.15, -0.1) is 0 Å². The van der Waals surface area contributed by atoms with Crippen molar-refractivity contribution in [3.05, 3.63) is 34.6 Å². The quantitative estimate of drug-likeness (QED) is 0.337. The number of nitrogens with zero attached hydrogens (tertiary/aromatic N) is 3. The van der Waals surface area contributed by atoms with Gasteiger partial charge in [0.05, 0.1) is 6.20 Å². The highest BCUT2D eigenvalue weighted by Crippen LogP contribution is 2.36. The molecule has 1 amide bonds. The van der Waals surface area contributed by atoms with Gasteiger partial charge in [0.1, 0.15) is 18.3 Å². The molecule has 1 aliphatic rings. The number of ether oxygens (including phenoxy) is 2. The monoisotopic (exact) mass is 521 g/mol. The second kappa shape index (κ2) is 10.4. The number of anilines is 1. The van der Waals surface area contributed by atoms with Gasteiger partial charge >= 0.3 is 5.76 Å². The lowest BCUT2D eigenvalue weighted by atomic mass is 10.2. The lowest BCUT2D eigenvalue weighted by Crippen LogP contribution is -2.41. The van der Waals surface area contributed by atoms with Gasteiger partial charge < -0.3 is 18.3 Å². The molecule has 0 saturated heterocycles. The Morgan fingerprint density at radius 3 is 2.46 bits per heavy atom. The van der Waals surface area contributed by atoms with Crippen molar-refractivity contribution < 1.29 is 23.1 Å². The van der Waals surface area contributed by atoms with Crippen molar-refractivity contribution in [3.63, 3.8) is 0 Å². The Morgan fingerprint density at radius 2 is 1.80 bits per heavy atom. The first-order valence-corrected chi connectivity index (χ1v) is 18.7. The molecule has 0 aliphatic carbocycles. The highest BCUT2D eigenvalue weighted by molar-refractivity contribution is 6.76. The molecule has 2 aromatic rings. The first-order valence-electron chi connectivity index (χ1n) is 12.1. The summed E-state index contributed by atoms with van der Waals surface area (Å²) in [7, 11) is -3.13. The van der Waals surface area contributed by atoms with Crippen LogP contribution in [-0.4, -0.2) is 58.4 Å². The van der Waals surface area contributed by atoms with E-state index in [1.54, 1.807) is 18.3 Å². The van der Waals surface area contributed by atoms with Gasteiger partial charge in [0.15, 0.2) is 26.5 Å². The molecule has 3 heterocycles. The molecule has 0 aromatic carbocycles. The predicted molar refractivity (Wildman–Crippen MR) is 141 cm³/mol. The third kappa shape index (κ3) is 6.93. The predicted octanol–water partition coefficient (Wildman–Crippen LogP) is 4.43. The van der Waals surface area contributed by atoms with E-state index in [-0.39, 0.29) is 24.3 Å². The Balaban J connectivity index is 1.73. The fourth-order valence-electron chi connectivity index (χ4n) is 3.15. The molecule has 35 heavy (non-hydrogen) atoms. The molecule has 1 aliphatic heterocycles. The maximum atomic E-state index is 12.6. The van der Waals surface area contributed by atoms with E-state index in [0.29, 0.717) is 42.8 Å². The van der Waals surface area contributed by atoms with Gasteiger partial charge in [-0.05, 0) is 36.3 Å². The number of oxazole rings is 1. The van der Waals surface area contributed by atoms with E-state index in [2.05, 4.69) is 58.5 Å². The van der Waals surface area contributed by atoms with Crippen molar-refractivity contribution in [1.82, 2.24) is 9.55 Å². The van der Waals surface area contributed by atoms with Crippen LogP contribution in [0.5, 0.6) is 5.75 Å². The first kappa shape index (κ1) is 27.4. The molecule has 0 spiro atoms. The first-order chi connectivity index (χ1) is 16.2. The molecular weight excluding hydrogens is 482 g/mol. The summed E-state index contributed by atoms with van der Waals surface area (Å²) in [5.41, 5.74) is 0. The van der Waals surface area contributed by atoms with E-state index in [0.717, 1.165) is 6.04 Å². The normalized spacial score (nSPS) is 14.7. The molecular formula is C24H39N3O6Si2. The smallest absolute Gasteiger partial charge is 0.424 e. The van der Waals surface area contributed by atoms with Gasteiger partial charge in [0.2, 0.25) is 0 Å². The van der Waals surface area contributed by atoms with Crippen LogP contribution in [0.15, 0.2) is 27.5 Å². The molecule has 2 aromatic heterocycles. The molecule has 3 rings (SSSR count). The summed E-state index contributed by atoms with van der Waals surface area (Å²) in [6.45, 7) is 18.8. The maximum absolute atomic E-state index is 12.6. The van der Waals surface area contributed by atoms with Crippen LogP contribution in [0.1, 0.15) is 26.5 Å². The summed E-state index contributed by atoms with van der Waals surface area (Å²) < 4.78 is 24.3. The molecule has 0 N–H and O–H groups in total. The van der Waals surface area contributed by atoms with Crippen LogP contribution < -0.4 is 15.4 Å². The number of hydrogen-bond acceptors (Lipinski definition) is 7. The highest BCUT2D eigenvalue weighted by Gasteiger charge is 2.37. The zero-order chi connectivity index (χ0) is 26.0. The van der Waals surface area contributed by atoms with Gasteiger partial charge in [-0.25, -0.2) is 14.3 Å². The zero-order valence-electron chi connectivity index (χ0n) is 22.3. The summed E-state index contributed by atoms with van der Waals surface area (Å²) in [5, 5.41) is 0.108. The molecule has 0 unspecified atom stereocenters. The Morgan fingerprint density at radius 1 is 1.09 bits per heavy atom. The van der Waals surface area contributed by atoms with Crippen molar-refractivity contribution in [2.45, 2.75) is 71.0 Å². The van der Waals surface area contributed by atoms with E-state index >= 15 is 0 Å². The van der Waals surface area contributed by atoms with E-state index < -0.39 is 22.1 Å². The second-order valence-electron chi connectivity index (χ2n) is 11.6. The number of amides is 1. The van der Waals surface area contributed by atoms with Gasteiger partial charge in [0, 0.05) is 27.7 Å². The van der Waals surface area contributed by atoms with Gasteiger partial charge in [0.25, 0.3) is 5.91 Å². The van der Waals surface area contributed by atoms with E-state index in [1.807, 2.05) is 0 Å². The lowest BCUT2D eigenvalue weighted by molar-refractivity contribution is -0.122. The minimum absolute atomic E-state index is 0.0740. The van der Waals surface area contributed by atoms with Crippen molar-refractivity contribution >= 4 is 28.1 Å². The van der Waals surface area contributed by atoms with Crippen LogP contribution >= 0.6 is 0 Å². The van der Waals surface area contributed by atoms with Crippen molar-refractivity contribution in [1.29, 1.82) is 0 Å². The van der Waals surface area contributed by atoms with Crippen molar-refractivity contribution in [2.75, 3.05) is 31.5 Å². The summed E-state index contributed by atoms with van der Waals surface area (Å²) in [6.07, 6.45) is 2.12. The van der Waals surface area contributed by atoms with Crippen molar-refractivity contribution in [3.8, 4) is 11.6 Å². The average Bonchev–Trinajstić information content (AvgIpc) is 3.10. The van der Waals surface area contributed by atoms with Crippen LogP contribution in [0.4, 0.5) is 5.82 Å². The van der Waals surface area contributed by atoms with E-state index in [1.165, 1.54) is 9.47 Å². The summed E-state index contributed by atoms with van der Waals surface area (Å²) in [6, 6.07) is 4.38. The largest absolute Gasteiger partial charge is 0.480 e. The Kier molecular flexibility index (Phi) is 8.14. The molecule has 0 fully saturated rings. The summed E-state index contributed by atoms with van der Waals surface area (Å²) in [5.74, 6) is 0.898. The lowest BCUT2D eigenvalue weighted by Gasteiger charge is -2.36. The minimum atomic E-state index is -1.88. The third-order valence-corrected chi connectivity index (χ3v) is 12.7. The maximum Gasteiger partial charge on any atom is 0.424 e. The number of carbonyl (C=O) groups excluding carboxylic acids is 1. The van der Waals surface area contributed by atoms with Gasteiger partial charge in [-0.3, -0.25) is 9.69 Å². The molecule has 0 radical (unpaired) electrons. The number of pyridine rings is 1. The molecule has 194 valence electrons. The zero-order valence-corrected chi connectivity index (χ0v) is 24.3. The minimum Gasteiger partial charge on any atom is -0.480 e. The molecule has 0 atom stereocenters. The molecule has 11 heteroatoms. The van der Waals surface area contributed by atoms with Crippen molar-refractivity contribution in [2.24, 2.45) is 0 Å². The van der Waals surface area contributed by atoms with Gasteiger partial charge in [-0.2, -0.15) is 0 Å². The Hall–Kier alpha value is -2.22. The topological polar surface area (TPSA) is 96.0 Å². The Labute approximate surface area is 209 Å². The number of aromatic nitrogens is 2. The van der Waals surface area contributed by atoms with Crippen LogP contribution in [0, 0.1) is 0 Å². The van der Waals surface area contributed by atoms with Crippen LogP contribution in [-0.2, 0) is 20.4 Å². The standard InChI is InChI=1S/C24H39N3O6Si2/c1-24(2,3)35(7,8)32-12-11-18-15-26(23(29)33-18)20-10-9-19-22(25-20)27(21(28)16-31-19)17-30-13-14-34(4,5)6/h9-10,15H,11-14,16-17H2,1-8H3. The number of carbonyl (C=O) groups is 1. The van der Waals surface area contributed by atoms with Crippen LogP contribution in [0.3, 0.4) is 0 Å². The van der Waals surface area contributed by atoms with E-state index in [4.69, 9.17) is 18.3 Å². The number of rotatable bonds is 10. The Bertz CT molecular complexity index is 1100. The van der Waals surface area contributed by atoms with Gasteiger partial charge in [-0.1, -0.05) is 40.4 Å². The third-order valence-electron chi connectivity index (χ3n) is 6.50.